The lowest BCUT2D eigenvalue weighted by molar-refractivity contribution is -0.384. The molecule has 2 aromatic rings. The van der Waals surface area contributed by atoms with Crippen molar-refractivity contribution in [2.75, 3.05) is 32.1 Å². The maximum atomic E-state index is 12.4. The number of carbonyl (C=O) groups excluding carboxylic acids is 3. The third kappa shape index (κ3) is 6.64. The SMILES string of the molecule is COc1cc([N+](=O)[O-])ccc1NC(=O)COC(=O)C1CCN(C(=O)/C=C/c2ccccc2)CC1. The number of hydrogen-bond acceptors (Lipinski definition) is 7. The minimum absolute atomic E-state index is 0.118. The van der Waals surface area contributed by atoms with Crippen molar-refractivity contribution >= 4 is 35.2 Å². The molecule has 0 spiro atoms. The fourth-order valence-electron chi connectivity index (χ4n) is 3.51. The Kier molecular flexibility index (Phi) is 8.33. The molecule has 2 aromatic carbocycles. The number of nitrogens with one attached hydrogen (secondary N) is 1. The molecule has 10 heteroatoms. The van der Waals surface area contributed by atoms with Crippen LogP contribution in [0, 0.1) is 16.0 Å². The van der Waals surface area contributed by atoms with Crippen LogP contribution in [0.2, 0.25) is 0 Å². The summed E-state index contributed by atoms with van der Waals surface area (Å²) in [4.78, 5) is 48.9. The van der Waals surface area contributed by atoms with Crippen LogP contribution in [0.3, 0.4) is 0 Å². The van der Waals surface area contributed by atoms with E-state index < -0.39 is 29.3 Å². The average Bonchev–Trinajstić information content (AvgIpc) is 2.86. The van der Waals surface area contributed by atoms with E-state index in [4.69, 9.17) is 9.47 Å². The third-order valence-electron chi connectivity index (χ3n) is 5.37. The van der Waals surface area contributed by atoms with Crippen molar-refractivity contribution in [1.29, 1.82) is 0 Å². The van der Waals surface area contributed by atoms with Gasteiger partial charge in [-0.25, -0.2) is 0 Å². The first-order valence-corrected chi connectivity index (χ1v) is 10.7. The number of anilines is 1. The third-order valence-corrected chi connectivity index (χ3v) is 5.37. The van der Waals surface area contributed by atoms with Crippen molar-refractivity contribution in [3.8, 4) is 5.75 Å². The number of ether oxygens (including phenoxy) is 2. The van der Waals surface area contributed by atoms with Crippen LogP contribution in [0.25, 0.3) is 6.08 Å². The number of nitro benzene ring substituents is 1. The van der Waals surface area contributed by atoms with E-state index in [-0.39, 0.29) is 23.0 Å². The maximum absolute atomic E-state index is 12.4. The fourth-order valence-corrected chi connectivity index (χ4v) is 3.51. The summed E-state index contributed by atoms with van der Waals surface area (Å²) in [6, 6.07) is 13.3. The highest BCUT2D eigenvalue weighted by Gasteiger charge is 2.28. The molecule has 0 aliphatic carbocycles. The molecule has 1 aliphatic rings. The Bertz CT molecular complexity index is 1080. The molecule has 1 heterocycles. The van der Waals surface area contributed by atoms with Crippen molar-refractivity contribution < 1.29 is 28.8 Å². The number of nitro groups is 1. The summed E-state index contributed by atoms with van der Waals surface area (Å²) in [5.41, 5.74) is 0.977. The minimum Gasteiger partial charge on any atom is -0.494 e. The zero-order chi connectivity index (χ0) is 24.5. The van der Waals surface area contributed by atoms with E-state index in [0.29, 0.717) is 25.9 Å². The van der Waals surface area contributed by atoms with Crippen LogP contribution in [0.5, 0.6) is 5.75 Å². The summed E-state index contributed by atoms with van der Waals surface area (Å²) in [6.45, 7) is 0.339. The van der Waals surface area contributed by atoms with Crippen molar-refractivity contribution in [2.24, 2.45) is 5.92 Å². The maximum Gasteiger partial charge on any atom is 0.309 e. The summed E-state index contributed by atoms with van der Waals surface area (Å²) in [7, 11) is 1.32. The highest BCUT2D eigenvalue weighted by atomic mass is 16.6. The standard InChI is InChI=1S/C24H25N3O7/c1-33-21-15-19(27(31)32)8-9-20(21)25-22(28)16-34-24(30)18-11-13-26(14-12-18)23(29)10-7-17-5-3-2-4-6-17/h2-10,15,18H,11-14,16H2,1H3,(H,25,28)/b10-7+. The number of amides is 2. The van der Waals surface area contributed by atoms with Crippen molar-refractivity contribution in [1.82, 2.24) is 4.90 Å². The zero-order valence-corrected chi connectivity index (χ0v) is 18.6. The summed E-state index contributed by atoms with van der Waals surface area (Å²) in [5.74, 6) is -1.50. The van der Waals surface area contributed by atoms with Crippen LogP contribution in [0.15, 0.2) is 54.6 Å². The second-order valence-electron chi connectivity index (χ2n) is 7.64. The lowest BCUT2D eigenvalue weighted by atomic mass is 9.97. The van der Waals surface area contributed by atoms with E-state index in [1.165, 1.54) is 31.4 Å². The second kappa shape index (κ2) is 11.6. The largest absolute Gasteiger partial charge is 0.494 e. The Labute approximate surface area is 196 Å². The van der Waals surface area contributed by atoms with Crippen molar-refractivity contribution in [3.05, 3.63) is 70.3 Å². The van der Waals surface area contributed by atoms with E-state index in [1.807, 2.05) is 30.3 Å². The first-order chi connectivity index (χ1) is 16.4. The molecule has 0 saturated carbocycles. The Morgan fingerprint density at radius 1 is 1.15 bits per heavy atom. The highest BCUT2D eigenvalue weighted by Crippen LogP contribution is 2.29. The molecule has 3 rings (SSSR count). The average molecular weight is 467 g/mol. The number of likely N-dealkylation sites (tertiary alicyclic amines) is 1. The van der Waals surface area contributed by atoms with Gasteiger partial charge < -0.3 is 19.7 Å². The molecule has 0 radical (unpaired) electrons. The molecular formula is C24H25N3O7. The fraction of sp³-hybridized carbons (Fsp3) is 0.292. The molecule has 10 nitrogen and oxygen atoms in total. The van der Waals surface area contributed by atoms with Gasteiger partial charge in [-0.05, 0) is 30.5 Å². The number of hydrogen-bond donors (Lipinski definition) is 1. The second-order valence-corrected chi connectivity index (χ2v) is 7.64. The number of benzene rings is 2. The molecule has 1 aliphatic heterocycles. The first-order valence-electron chi connectivity index (χ1n) is 10.7. The molecule has 0 aromatic heterocycles. The van der Waals surface area contributed by atoms with Gasteiger partial charge in [-0.15, -0.1) is 0 Å². The lowest BCUT2D eigenvalue weighted by Gasteiger charge is -2.30. The van der Waals surface area contributed by atoms with E-state index >= 15 is 0 Å². The lowest BCUT2D eigenvalue weighted by Crippen LogP contribution is -2.40. The van der Waals surface area contributed by atoms with Gasteiger partial charge >= 0.3 is 5.97 Å². The quantitative estimate of drug-likeness (QED) is 0.273. The summed E-state index contributed by atoms with van der Waals surface area (Å²) in [5, 5.41) is 13.4. The van der Waals surface area contributed by atoms with Gasteiger partial charge in [-0.3, -0.25) is 24.5 Å². The number of piperidine rings is 1. The number of methoxy groups -OCH3 is 1. The molecule has 0 bridgehead atoms. The molecule has 178 valence electrons. The van der Waals surface area contributed by atoms with Gasteiger partial charge in [0.1, 0.15) is 5.75 Å². The number of nitrogens with zero attached hydrogens (tertiary/aromatic N) is 2. The summed E-state index contributed by atoms with van der Waals surface area (Å²) >= 11 is 0. The van der Waals surface area contributed by atoms with Crippen LogP contribution in [0.4, 0.5) is 11.4 Å². The van der Waals surface area contributed by atoms with E-state index in [2.05, 4.69) is 5.32 Å². The zero-order valence-electron chi connectivity index (χ0n) is 18.6. The Morgan fingerprint density at radius 2 is 1.85 bits per heavy atom. The number of carbonyl (C=O) groups is 3. The van der Waals surface area contributed by atoms with Gasteiger partial charge in [-0.2, -0.15) is 0 Å². The van der Waals surface area contributed by atoms with Gasteiger partial charge in [0.15, 0.2) is 6.61 Å². The normalized spacial score (nSPS) is 14.0. The number of esters is 1. The molecule has 1 fully saturated rings. The predicted octanol–water partition coefficient (Wildman–Crippen LogP) is 3.04. The molecule has 34 heavy (non-hydrogen) atoms. The topological polar surface area (TPSA) is 128 Å². The van der Waals surface area contributed by atoms with Crippen molar-refractivity contribution in [2.45, 2.75) is 12.8 Å². The van der Waals surface area contributed by atoms with Crippen LogP contribution in [-0.2, 0) is 19.1 Å². The van der Waals surface area contributed by atoms with E-state index in [0.717, 1.165) is 5.56 Å². The molecule has 1 N–H and O–H groups in total. The van der Waals surface area contributed by atoms with Crippen LogP contribution in [-0.4, -0.2) is 54.4 Å². The first kappa shape index (κ1) is 24.4. The van der Waals surface area contributed by atoms with Gasteiger partial charge in [-0.1, -0.05) is 30.3 Å². The molecule has 0 atom stereocenters. The van der Waals surface area contributed by atoms with Gasteiger partial charge in [0.25, 0.3) is 11.6 Å². The Morgan fingerprint density at radius 3 is 2.50 bits per heavy atom. The summed E-state index contributed by atoms with van der Waals surface area (Å²) in [6.07, 6.45) is 4.16. The van der Waals surface area contributed by atoms with Gasteiger partial charge in [0, 0.05) is 25.2 Å². The molecule has 2 amide bonds. The Hall–Kier alpha value is -4.21. The predicted molar refractivity (Wildman–Crippen MR) is 124 cm³/mol. The molecular weight excluding hydrogens is 442 g/mol. The molecule has 0 unspecified atom stereocenters. The van der Waals surface area contributed by atoms with E-state index in [1.54, 1.807) is 11.0 Å². The number of non-ortho nitro benzene ring substituents is 1. The van der Waals surface area contributed by atoms with Gasteiger partial charge in [0.2, 0.25) is 5.91 Å². The monoisotopic (exact) mass is 467 g/mol. The summed E-state index contributed by atoms with van der Waals surface area (Å²) < 4.78 is 10.2. The van der Waals surface area contributed by atoms with E-state index in [9.17, 15) is 24.5 Å². The smallest absolute Gasteiger partial charge is 0.309 e. The Balaban J connectivity index is 1.43. The van der Waals surface area contributed by atoms with Crippen molar-refractivity contribution in [3.63, 3.8) is 0 Å². The van der Waals surface area contributed by atoms with Gasteiger partial charge in [0.05, 0.1) is 29.7 Å². The van der Waals surface area contributed by atoms with Crippen LogP contribution in [0.1, 0.15) is 18.4 Å². The van der Waals surface area contributed by atoms with Crippen LogP contribution < -0.4 is 10.1 Å². The highest BCUT2D eigenvalue weighted by molar-refractivity contribution is 5.94. The number of rotatable bonds is 8. The molecule has 1 saturated heterocycles. The minimum atomic E-state index is -0.598. The van der Waals surface area contributed by atoms with Crippen LogP contribution >= 0.6 is 0 Å².